The summed E-state index contributed by atoms with van der Waals surface area (Å²) in [6.07, 6.45) is 30.8. The van der Waals surface area contributed by atoms with E-state index in [-0.39, 0.29) is 5.92 Å². The molecule has 3 atom stereocenters. The third-order valence-corrected chi connectivity index (χ3v) is 26.6. The van der Waals surface area contributed by atoms with E-state index in [9.17, 15) is 5.26 Å². The van der Waals surface area contributed by atoms with Crippen LogP contribution in [0.3, 0.4) is 0 Å². The summed E-state index contributed by atoms with van der Waals surface area (Å²) in [5.74, 6) is 8.19. The number of ether oxygens (including phenoxy) is 8. The zero-order valence-corrected chi connectivity index (χ0v) is 84.4. The molecule has 0 amide bonds. The highest BCUT2D eigenvalue weighted by Crippen LogP contribution is 2.43. The molecule has 3 fully saturated rings. The molecular weight excluding hydrogens is 1810 g/mol. The summed E-state index contributed by atoms with van der Waals surface area (Å²) in [7, 11) is 17.7. The van der Waals surface area contributed by atoms with Gasteiger partial charge in [-0.1, -0.05) is 33.5 Å². The van der Waals surface area contributed by atoms with E-state index in [1.165, 1.54) is 19.3 Å². The summed E-state index contributed by atoms with van der Waals surface area (Å²) in [4.78, 5) is 52.2. The number of hydrogen-bond donors (Lipinski definition) is 1. The van der Waals surface area contributed by atoms with Crippen LogP contribution in [0.4, 0.5) is 45.5 Å². The molecule has 142 heavy (non-hydrogen) atoms. The number of rotatable bonds is 33. The van der Waals surface area contributed by atoms with Gasteiger partial charge in [0.15, 0.2) is 0 Å². The fourth-order valence-electron chi connectivity index (χ4n) is 18.1. The SMILES string of the molecule is COc1cc(OC)cc(N(CC2CC2)c2ccc3ncc(-c4cnn(C[Si](C)(C)C)c4)nc3c2)c1.COc1cc(OC)cc(N(CCCN2CC[C@H](C#N)C2)c2ccc3ncc(-c4cnn(C)c4)nc3c2)c1.COc1cc(OC)cc(N(CCN2C[C@H](C)C[C@H](C)C2)c2ccc3ncc(-c4cnn(C)c4)nc3c2)c1.COc1cc(OC)cc(N(Cc2cn[nH]n2)c2ccc3ncc(-c4cnn(C)c4)nc3c2)c1. The molecule has 0 unspecified atom stereocenters. The van der Waals surface area contributed by atoms with Crippen molar-refractivity contribution in [1.29, 1.82) is 5.26 Å². The molecule has 2 saturated heterocycles. The van der Waals surface area contributed by atoms with Crippen molar-refractivity contribution < 1.29 is 37.9 Å². The van der Waals surface area contributed by atoms with Gasteiger partial charge < -0.3 is 67.3 Å². The zero-order chi connectivity index (χ0) is 99.1. The second-order valence-electron chi connectivity index (χ2n) is 37.6. The van der Waals surface area contributed by atoms with E-state index < -0.39 is 8.07 Å². The molecule has 9 aromatic heterocycles. The predicted molar refractivity (Wildman–Crippen MR) is 558 cm³/mol. The lowest BCUT2D eigenvalue weighted by molar-refractivity contribution is 0.145. The highest BCUT2D eigenvalue weighted by molar-refractivity contribution is 6.74. The van der Waals surface area contributed by atoms with Gasteiger partial charge in [0, 0.05) is 238 Å². The topological polar surface area (TPSA) is 333 Å². The van der Waals surface area contributed by atoms with E-state index in [1.54, 1.807) is 102 Å². The first-order chi connectivity index (χ1) is 68.9. The van der Waals surface area contributed by atoms with Crippen molar-refractivity contribution in [2.75, 3.05) is 135 Å². The molecule has 0 spiro atoms. The summed E-state index contributed by atoms with van der Waals surface area (Å²) in [6, 6.07) is 50.8. The number of aromatic amines is 1. The van der Waals surface area contributed by atoms with E-state index in [2.05, 4.69) is 187 Å². The normalized spacial score (nSPS) is 14.7. The maximum atomic E-state index is 9.25. The van der Waals surface area contributed by atoms with Crippen LogP contribution in [0.15, 0.2) is 226 Å². The van der Waals surface area contributed by atoms with E-state index in [0.29, 0.717) is 24.0 Å². The minimum absolute atomic E-state index is 0.145. The van der Waals surface area contributed by atoms with Gasteiger partial charge in [-0.2, -0.15) is 41.1 Å². The molecule has 732 valence electrons. The van der Waals surface area contributed by atoms with Crippen LogP contribution in [0, 0.1) is 35.0 Å². The molecule has 8 aromatic carbocycles. The van der Waals surface area contributed by atoms with Crippen molar-refractivity contribution in [3.63, 3.8) is 0 Å². The first-order valence-electron chi connectivity index (χ1n) is 47.7. The number of H-pyrrole nitrogens is 1. The molecule has 0 radical (unpaired) electrons. The summed E-state index contributed by atoms with van der Waals surface area (Å²) >= 11 is 0. The minimum atomic E-state index is -1.26. The van der Waals surface area contributed by atoms with Crippen LogP contribution in [0.1, 0.15) is 51.6 Å². The molecule has 20 rings (SSSR count). The Kier molecular flexibility index (Phi) is 30.8. The average Bonchev–Trinajstić information content (AvgIpc) is 0.991. The number of fused-ring (bicyclic) bond motifs is 4. The number of hydrogen-bond acceptors (Lipinski definition) is 29. The maximum absolute atomic E-state index is 9.25. The number of nitriles is 1. The highest BCUT2D eigenvalue weighted by atomic mass is 28.3. The van der Waals surface area contributed by atoms with Crippen molar-refractivity contribution in [2.45, 2.75) is 78.3 Å². The molecular formula is C107H122N26O8Si. The van der Waals surface area contributed by atoms with Crippen LogP contribution in [0.5, 0.6) is 46.0 Å². The van der Waals surface area contributed by atoms with E-state index in [1.807, 2.05) is 154 Å². The van der Waals surface area contributed by atoms with Gasteiger partial charge in [-0.15, -0.1) is 0 Å². The smallest absolute Gasteiger partial charge is 0.124 e. The zero-order valence-electron chi connectivity index (χ0n) is 83.4. The molecule has 11 heterocycles. The number of likely N-dealkylation sites (tertiary alicyclic amines) is 2. The minimum Gasteiger partial charge on any atom is -0.497 e. The van der Waals surface area contributed by atoms with Gasteiger partial charge in [-0.25, -0.2) is 19.9 Å². The number of piperidine rings is 1. The van der Waals surface area contributed by atoms with E-state index in [4.69, 9.17) is 62.8 Å². The Hall–Kier alpha value is -15.7. The summed E-state index contributed by atoms with van der Waals surface area (Å²) in [5, 5.41) is 37.4. The molecule has 1 aliphatic carbocycles. The van der Waals surface area contributed by atoms with Gasteiger partial charge in [0.2, 0.25) is 0 Å². The summed E-state index contributed by atoms with van der Waals surface area (Å²) in [6.45, 7) is 20.8. The van der Waals surface area contributed by atoms with Crippen molar-refractivity contribution in [1.82, 2.24) is 104 Å². The summed E-state index contributed by atoms with van der Waals surface area (Å²) in [5.41, 5.74) is 22.4. The Bertz CT molecular complexity index is 7140. The van der Waals surface area contributed by atoms with Gasteiger partial charge in [0.1, 0.15) is 51.7 Å². The van der Waals surface area contributed by atoms with Gasteiger partial charge in [0.25, 0.3) is 0 Å². The van der Waals surface area contributed by atoms with Crippen molar-refractivity contribution in [2.24, 2.45) is 44.8 Å². The molecule has 17 aromatic rings. The largest absolute Gasteiger partial charge is 0.497 e. The quantitative estimate of drug-likeness (QED) is 0.0373. The average molecular weight is 1930 g/mol. The van der Waals surface area contributed by atoms with Gasteiger partial charge >= 0.3 is 0 Å². The third-order valence-electron chi connectivity index (χ3n) is 25.3. The maximum Gasteiger partial charge on any atom is 0.124 e. The Morgan fingerprint density at radius 2 is 0.754 bits per heavy atom. The van der Waals surface area contributed by atoms with Gasteiger partial charge in [-0.05, 0) is 136 Å². The summed E-state index contributed by atoms with van der Waals surface area (Å²) < 4.78 is 51.7. The lowest BCUT2D eigenvalue weighted by atomic mass is 9.92. The van der Waals surface area contributed by atoms with Crippen molar-refractivity contribution in [3.05, 3.63) is 232 Å². The van der Waals surface area contributed by atoms with Crippen LogP contribution in [-0.2, 0) is 33.9 Å². The Morgan fingerprint density at radius 1 is 0.387 bits per heavy atom. The third kappa shape index (κ3) is 24.6. The number of aryl methyl sites for hydroxylation is 3. The molecule has 1 saturated carbocycles. The molecule has 0 bridgehead atoms. The van der Waals surface area contributed by atoms with Crippen molar-refractivity contribution >= 4 is 97.7 Å². The Labute approximate surface area is 827 Å². The lowest BCUT2D eigenvalue weighted by Gasteiger charge is -2.36. The highest BCUT2D eigenvalue weighted by Gasteiger charge is 2.30. The van der Waals surface area contributed by atoms with Crippen LogP contribution in [0.25, 0.3) is 89.2 Å². The first kappa shape index (κ1) is 98.0. The molecule has 2 aliphatic heterocycles. The Balaban J connectivity index is 0.000000130. The second-order valence-corrected chi connectivity index (χ2v) is 43.0. The number of nitrogens with zero attached hydrogens (tertiary/aromatic N) is 25. The number of anilines is 8. The molecule has 3 aliphatic rings. The second kappa shape index (κ2) is 44.6. The van der Waals surface area contributed by atoms with E-state index >= 15 is 0 Å². The van der Waals surface area contributed by atoms with Gasteiger partial charge in [0.05, 0.1) is 206 Å². The fourth-order valence-corrected chi connectivity index (χ4v) is 19.2. The van der Waals surface area contributed by atoms with Gasteiger partial charge in [-0.3, -0.25) is 38.7 Å². The molecule has 1 N–H and O–H groups in total. The number of aromatic nitrogens is 19. The van der Waals surface area contributed by atoms with Crippen LogP contribution >= 0.6 is 0 Å². The number of methoxy groups -OCH3 is 8. The van der Waals surface area contributed by atoms with E-state index in [0.717, 1.165) is 265 Å². The van der Waals surface area contributed by atoms with Crippen molar-refractivity contribution in [3.8, 4) is 97.1 Å². The number of benzene rings is 8. The molecule has 35 heteroatoms. The number of nitrogens with one attached hydrogen (secondary N) is 1. The van der Waals surface area contributed by atoms with Crippen LogP contribution in [-0.4, -0.2) is 228 Å². The predicted octanol–water partition coefficient (Wildman–Crippen LogP) is 19.0. The monoisotopic (exact) mass is 1930 g/mol. The lowest BCUT2D eigenvalue weighted by Crippen LogP contribution is -2.42. The Morgan fingerprint density at radius 3 is 1.11 bits per heavy atom. The molecule has 34 nitrogen and oxygen atoms in total. The fraction of sp³-hybridized carbons (Fsp3) is 0.336. The first-order valence-corrected chi connectivity index (χ1v) is 51.4. The standard InChI is InChI=1S/C29H36N6O2.C28H31N7O2.C27H33N5O2Si.C23H22N8O2/c1-20-10-21(2)18-34(17-20)8-9-35(24-11-25(36-4)14-26(12-24)37-5)23-6-7-27-28(13-23)32-29(16-30-27)22-15-31-33(3)19-22;1-33-19-21(16-31-33)28-17-30-26-6-5-22(13-27(26)32-28)35(9-4-8-34-10-7-20(15-29)18-34)23-11-24(36-2)14-25(12-23)37-3;1-33-23-10-22(11-24(13-23)34-2)32(16-19-6-7-19)21-8-9-25-26(12-21)30-27(15-28-25)20-14-29-31(17-20)18-35(3,4)5;1-30-13-15(10-26-30)23-12-24-21-5-4-17(8-22(21)27-23)31(14-16-11-25-29-28-16)18-6-19(32-2)9-20(7-18)33-3/h6-7,11-16,19-21H,8-10,17-18H2,1-5H3;5-6,11-14,16-17,19-20H,4,7-10,18H2,1-3H3;8-15,17,19H,6-7,16,18H2,1-5H3;4-13H,14H2,1-3H3,(H,25,28,29)/t20-,21+;20-;;/m.1../s1. The van der Waals surface area contributed by atoms with Crippen LogP contribution < -0.4 is 57.5 Å². The van der Waals surface area contributed by atoms with Crippen LogP contribution in [0.2, 0.25) is 19.6 Å².